The number of rotatable bonds is 5. The molecule has 0 bridgehead atoms. The second kappa shape index (κ2) is 9.60. The molecule has 1 saturated heterocycles. The number of hydrogen-bond acceptors (Lipinski definition) is 5. The number of aryl methyl sites for hydroxylation is 1. The van der Waals surface area contributed by atoms with Crippen molar-refractivity contribution in [3.8, 4) is 11.1 Å². The van der Waals surface area contributed by atoms with Gasteiger partial charge in [0.2, 0.25) is 0 Å². The molecule has 36 heavy (non-hydrogen) atoms. The van der Waals surface area contributed by atoms with Gasteiger partial charge in [-0.05, 0) is 37.0 Å². The molecule has 2 aromatic carbocycles. The van der Waals surface area contributed by atoms with E-state index in [1.807, 2.05) is 16.8 Å². The highest BCUT2D eigenvalue weighted by atomic mass is 19.2. The molecular weight excluding hydrogens is 469 g/mol. The summed E-state index contributed by atoms with van der Waals surface area (Å²) in [5, 5.41) is 4.44. The van der Waals surface area contributed by atoms with Crippen molar-refractivity contribution in [3.63, 3.8) is 0 Å². The summed E-state index contributed by atoms with van der Waals surface area (Å²) in [4.78, 5) is 26.1. The smallest absolute Gasteiger partial charge is 0.275 e. The van der Waals surface area contributed by atoms with E-state index in [0.29, 0.717) is 35.7 Å². The number of likely N-dealkylation sites (N-methyl/N-ethyl adjacent to an activating group) is 1. The fourth-order valence-electron chi connectivity index (χ4n) is 4.67. The van der Waals surface area contributed by atoms with Crippen molar-refractivity contribution in [2.45, 2.75) is 25.3 Å². The van der Waals surface area contributed by atoms with Crippen LogP contribution in [0.3, 0.4) is 0 Å². The van der Waals surface area contributed by atoms with E-state index in [4.69, 9.17) is 0 Å². The first kappa shape index (κ1) is 23.8. The molecule has 4 aromatic rings. The summed E-state index contributed by atoms with van der Waals surface area (Å²) in [6, 6.07) is 7.94. The van der Waals surface area contributed by atoms with E-state index in [1.54, 1.807) is 30.1 Å². The summed E-state index contributed by atoms with van der Waals surface area (Å²) in [6.45, 7) is 1.07. The van der Waals surface area contributed by atoms with Crippen molar-refractivity contribution in [3.05, 3.63) is 71.9 Å². The predicted octanol–water partition coefficient (Wildman–Crippen LogP) is 4.58. The number of amides is 1. The van der Waals surface area contributed by atoms with Gasteiger partial charge in [-0.3, -0.25) is 14.5 Å². The molecule has 1 atom stereocenters. The number of carbonyl (C=O) groups excluding carboxylic acids is 1. The number of nitrogens with zero attached hydrogens (tertiary/aromatic N) is 6. The Labute approximate surface area is 206 Å². The summed E-state index contributed by atoms with van der Waals surface area (Å²) >= 11 is 0. The third-order valence-corrected chi connectivity index (χ3v) is 6.52. The topological polar surface area (TPSA) is 67.2 Å². The van der Waals surface area contributed by atoms with Crippen molar-refractivity contribution in [2.24, 2.45) is 7.05 Å². The Morgan fingerprint density at radius 1 is 1.08 bits per heavy atom. The number of benzene rings is 2. The summed E-state index contributed by atoms with van der Waals surface area (Å²) in [5.74, 6) is -1.98. The normalized spacial score (nSPS) is 15.9. The molecule has 3 heterocycles. The summed E-state index contributed by atoms with van der Waals surface area (Å²) in [6.07, 6.45) is 5.93. The first-order valence-corrected chi connectivity index (χ1v) is 11.7. The summed E-state index contributed by atoms with van der Waals surface area (Å²) in [7, 11) is 3.58. The van der Waals surface area contributed by atoms with Crippen molar-refractivity contribution < 1.29 is 18.0 Å². The number of likely N-dealkylation sites (tertiary alicyclic amines) is 1. The second-order valence-corrected chi connectivity index (χ2v) is 9.08. The van der Waals surface area contributed by atoms with Gasteiger partial charge in [0.15, 0.2) is 17.3 Å². The van der Waals surface area contributed by atoms with Crippen LogP contribution in [-0.2, 0) is 7.05 Å². The van der Waals surface area contributed by atoms with E-state index in [1.165, 1.54) is 18.3 Å². The zero-order valence-corrected chi connectivity index (χ0v) is 20.0. The zero-order chi connectivity index (χ0) is 25.4. The van der Waals surface area contributed by atoms with Crippen molar-refractivity contribution >= 4 is 22.8 Å². The molecule has 10 heteroatoms. The van der Waals surface area contributed by atoms with Gasteiger partial charge in [-0.2, -0.15) is 5.10 Å². The first-order valence-electron chi connectivity index (χ1n) is 11.7. The molecule has 0 radical (unpaired) electrons. The number of carbonyl (C=O) groups is 1. The lowest BCUT2D eigenvalue weighted by molar-refractivity contribution is 0.0616. The van der Waals surface area contributed by atoms with Gasteiger partial charge in [0, 0.05) is 57.1 Å². The maximum absolute atomic E-state index is 13.7. The fraction of sp³-hybridized carbons (Fsp3) is 0.308. The van der Waals surface area contributed by atoms with Crippen molar-refractivity contribution in [1.29, 1.82) is 0 Å². The van der Waals surface area contributed by atoms with E-state index in [9.17, 15) is 18.0 Å². The van der Waals surface area contributed by atoms with E-state index in [-0.39, 0.29) is 28.8 Å². The molecule has 186 valence electrons. The van der Waals surface area contributed by atoms with Crippen LogP contribution in [0.15, 0.2) is 48.8 Å². The molecule has 1 fully saturated rings. The standard InChI is InChI=1S/C26H25F3N6O/c1-33(24-13-30-22-11-20(28)21(29)12-23(22)31-24)14-18-5-3-4-10-35(18)26(36)25-19(15-34(2)32-25)16-6-8-17(27)9-7-16/h6-9,11-13,15,18H,3-5,10,14H2,1-2H3/t18-/m0/s1. The zero-order valence-electron chi connectivity index (χ0n) is 20.0. The minimum Gasteiger partial charge on any atom is -0.356 e. The Bertz CT molecular complexity index is 1420. The molecular formula is C26H25F3N6O. The Kier molecular flexibility index (Phi) is 6.34. The van der Waals surface area contributed by atoms with Crippen LogP contribution in [0.5, 0.6) is 0 Å². The van der Waals surface area contributed by atoms with Gasteiger partial charge in [0.1, 0.15) is 11.6 Å². The van der Waals surface area contributed by atoms with Crippen LogP contribution < -0.4 is 4.90 Å². The van der Waals surface area contributed by atoms with E-state index < -0.39 is 11.6 Å². The Balaban J connectivity index is 1.39. The van der Waals surface area contributed by atoms with Crippen molar-refractivity contribution in [2.75, 3.05) is 25.0 Å². The average molecular weight is 495 g/mol. The van der Waals surface area contributed by atoms with Crippen LogP contribution in [0.2, 0.25) is 0 Å². The van der Waals surface area contributed by atoms with Gasteiger partial charge in [0.25, 0.3) is 5.91 Å². The number of fused-ring (bicyclic) bond motifs is 1. The molecule has 1 aliphatic rings. The third kappa shape index (κ3) is 4.62. The van der Waals surface area contributed by atoms with Crippen LogP contribution in [0.1, 0.15) is 29.8 Å². The SMILES string of the molecule is CN(C[C@@H]1CCCCN1C(=O)c1nn(C)cc1-c1ccc(F)cc1)c1cnc2cc(F)c(F)cc2n1. The molecule has 0 aliphatic carbocycles. The third-order valence-electron chi connectivity index (χ3n) is 6.52. The van der Waals surface area contributed by atoms with Gasteiger partial charge in [-0.15, -0.1) is 0 Å². The second-order valence-electron chi connectivity index (χ2n) is 9.08. The van der Waals surface area contributed by atoms with Crippen LogP contribution in [0.25, 0.3) is 22.2 Å². The van der Waals surface area contributed by atoms with Gasteiger partial charge < -0.3 is 9.80 Å². The van der Waals surface area contributed by atoms with Gasteiger partial charge in [0.05, 0.1) is 17.2 Å². The Hall–Kier alpha value is -3.95. The molecule has 7 nitrogen and oxygen atoms in total. The maximum atomic E-state index is 13.7. The summed E-state index contributed by atoms with van der Waals surface area (Å²) in [5.41, 5.74) is 2.21. The molecule has 0 unspecified atom stereocenters. The van der Waals surface area contributed by atoms with E-state index in [0.717, 1.165) is 31.4 Å². The van der Waals surface area contributed by atoms with Crippen LogP contribution in [0.4, 0.5) is 19.0 Å². The number of hydrogen-bond donors (Lipinski definition) is 0. The fourth-order valence-corrected chi connectivity index (χ4v) is 4.67. The van der Waals surface area contributed by atoms with Crippen molar-refractivity contribution in [1.82, 2.24) is 24.6 Å². The lowest BCUT2D eigenvalue weighted by atomic mass is 9.99. The molecule has 1 aliphatic heterocycles. The number of anilines is 1. The van der Waals surface area contributed by atoms with Gasteiger partial charge >= 0.3 is 0 Å². The average Bonchev–Trinajstić information content (AvgIpc) is 3.26. The van der Waals surface area contributed by atoms with E-state index in [2.05, 4.69) is 15.1 Å². The van der Waals surface area contributed by atoms with Crippen LogP contribution >= 0.6 is 0 Å². The minimum atomic E-state index is -0.979. The maximum Gasteiger partial charge on any atom is 0.275 e. The Morgan fingerprint density at radius 2 is 1.81 bits per heavy atom. The number of aromatic nitrogens is 4. The largest absolute Gasteiger partial charge is 0.356 e. The molecule has 1 amide bonds. The lowest BCUT2D eigenvalue weighted by Crippen LogP contribution is -2.49. The number of piperidine rings is 1. The highest BCUT2D eigenvalue weighted by molar-refractivity contribution is 5.99. The molecule has 2 aromatic heterocycles. The predicted molar refractivity (Wildman–Crippen MR) is 130 cm³/mol. The van der Waals surface area contributed by atoms with E-state index >= 15 is 0 Å². The molecule has 0 saturated carbocycles. The Morgan fingerprint density at radius 3 is 2.56 bits per heavy atom. The lowest BCUT2D eigenvalue weighted by Gasteiger charge is -2.38. The number of halogens is 3. The van der Waals surface area contributed by atoms with Crippen LogP contribution in [-0.4, -0.2) is 56.7 Å². The van der Waals surface area contributed by atoms with Gasteiger partial charge in [-0.1, -0.05) is 12.1 Å². The highest BCUT2D eigenvalue weighted by Crippen LogP contribution is 2.28. The van der Waals surface area contributed by atoms with Gasteiger partial charge in [-0.25, -0.2) is 18.2 Å². The quantitative estimate of drug-likeness (QED) is 0.406. The molecule has 5 rings (SSSR count). The monoisotopic (exact) mass is 494 g/mol. The first-order chi connectivity index (χ1) is 17.3. The molecule has 0 spiro atoms. The molecule has 0 N–H and O–H groups in total. The van der Waals surface area contributed by atoms with Crippen LogP contribution in [0, 0.1) is 17.5 Å². The minimum absolute atomic E-state index is 0.109. The highest BCUT2D eigenvalue weighted by Gasteiger charge is 2.31. The summed E-state index contributed by atoms with van der Waals surface area (Å²) < 4.78 is 42.3.